The lowest BCUT2D eigenvalue weighted by molar-refractivity contribution is -0.385. The maximum atomic E-state index is 11.9. The molecular weight excluding hydrogens is 1440 g/mol. The number of amides is 3. The fourth-order valence-corrected chi connectivity index (χ4v) is 7.71. The van der Waals surface area contributed by atoms with Crippen LogP contribution in [-0.4, -0.2) is 144 Å². The third-order valence-electron chi connectivity index (χ3n) is 12.2. The zero-order valence-electron chi connectivity index (χ0n) is 55.5. The Balaban J connectivity index is -0.00000119. The second-order valence-electron chi connectivity index (χ2n) is 19.3. The first-order valence-electron chi connectivity index (χ1n) is 29.7. The molecule has 0 radical (unpaired) electrons. The van der Waals surface area contributed by atoms with E-state index in [0.717, 1.165) is 36.4 Å². The highest BCUT2D eigenvalue weighted by Crippen LogP contribution is 2.33. The summed E-state index contributed by atoms with van der Waals surface area (Å²) in [5.74, 6) is -6.48. The third kappa shape index (κ3) is 34.0. The molecule has 0 unspecified atom stereocenters. The van der Waals surface area contributed by atoms with Crippen LogP contribution in [0.1, 0.15) is 148 Å². The highest BCUT2D eigenvalue weighted by Gasteiger charge is 2.29. The number of nitrogen functional groups attached to an aromatic ring is 2. The van der Waals surface area contributed by atoms with Gasteiger partial charge in [0.1, 0.15) is 5.76 Å². The maximum absolute atomic E-state index is 11.9. The lowest BCUT2D eigenvalue weighted by Crippen LogP contribution is -2.17. The van der Waals surface area contributed by atoms with Crippen molar-refractivity contribution >= 4 is 151 Å². The summed E-state index contributed by atoms with van der Waals surface area (Å²) < 4.78 is 23.6. The minimum atomic E-state index is -1.28. The van der Waals surface area contributed by atoms with Gasteiger partial charge in [-0.3, -0.25) is 84.1 Å². The van der Waals surface area contributed by atoms with Crippen LogP contribution in [0.25, 0.3) is 5.76 Å². The molecule has 0 aliphatic carbocycles. The molecule has 0 fully saturated rings. The van der Waals surface area contributed by atoms with Crippen LogP contribution in [0.3, 0.4) is 0 Å². The van der Waals surface area contributed by atoms with Crippen molar-refractivity contribution in [1.29, 1.82) is 0 Å². The number of carbonyl (C=O) groups excluding carboxylic acids is 10. The molecule has 0 saturated carbocycles. The molecule has 105 heavy (non-hydrogen) atoms. The van der Waals surface area contributed by atoms with Crippen molar-refractivity contribution in [2.45, 2.75) is 101 Å². The van der Waals surface area contributed by atoms with Crippen molar-refractivity contribution in [3.63, 3.8) is 0 Å². The number of aromatic carboxylic acids is 1. The first kappa shape index (κ1) is 96.5. The van der Waals surface area contributed by atoms with Crippen LogP contribution in [0.15, 0.2) is 96.6 Å². The molecule has 2 aliphatic rings. The minimum Gasteiger partial charge on any atom is -0.507 e. The molecule has 7 rings (SSSR count). The van der Waals surface area contributed by atoms with Crippen LogP contribution in [-0.2, 0) is 57.2 Å². The SMILES string of the molecule is C.C.CCO.CCOC(=O)C1=C(O)c2cc([N+](=O)[O-])ccc2NC(=O)C1.CCOC(=O)CCC(=O)Cl.CCOC(=O)CCC(=O)Nc1ccc([N+](=O)[O-])cc1C(=O)OCC.CCOC(=O)c1cc([N+](=O)[O-])ccc1N.Cl.Nc1ccc([N+](=O)[O-])cc1C(=O)O.O=C1CCC(=O)c2cc([N+](=O)[O-])ccc2N1. The summed E-state index contributed by atoms with van der Waals surface area (Å²) in [5.41, 5.74) is 10.0. The average Bonchev–Trinajstić information content (AvgIpc) is 1.76. The van der Waals surface area contributed by atoms with Crippen LogP contribution in [0, 0.1) is 50.6 Å². The summed E-state index contributed by atoms with van der Waals surface area (Å²) >= 11 is 4.98. The van der Waals surface area contributed by atoms with Gasteiger partial charge in [0.15, 0.2) is 5.78 Å². The largest absolute Gasteiger partial charge is 0.507 e. The van der Waals surface area contributed by atoms with Crippen molar-refractivity contribution in [3.05, 3.63) is 175 Å². The predicted octanol–water partition coefficient (Wildman–Crippen LogP) is 10.3. The first-order chi connectivity index (χ1) is 48.0. The Morgan fingerprint density at radius 2 is 0.867 bits per heavy atom. The number of fused-ring (bicyclic) bond motifs is 2. The van der Waals surface area contributed by atoms with E-state index in [2.05, 4.69) is 20.7 Å². The Bertz CT molecular complexity index is 4000. The monoisotopic (exact) mass is 1520 g/mol. The van der Waals surface area contributed by atoms with Crippen molar-refractivity contribution in [1.82, 2.24) is 0 Å². The van der Waals surface area contributed by atoms with E-state index in [4.69, 9.17) is 52.2 Å². The molecule has 0 spiro atoms. The van der Waals surface area contributed by atoms with Crippen LogP contribution < -0.4 is 27.4 Å². The number of carboxylic acids is 1. The van der Waals surface area contributed by atoms with Gasteiger partial charge in [-0.2, -0.15) is 0 Å². The number of nitrogens with one attached hydrogen (secondary N) is 3. The minimum absolute atomic E-state index is 0. The molecular formula is C64H78Cl2N10O29. The summed E-state index contributed by atoms with van der Waals surface area (Å²) in [6, 6.07) is 17.8. The molecule has 5 aromatic carbocycles. The van der Waals surface area contributed by atoms with Gasteiger partial charge in [0.05, 0.1) is 116 Å². The van der Waals surface area contributed by atoms with Gasteiger partial charge in [-0.1, -0.05) is 14.9 Å². The van der Waals surface area contributed by atoms with Crippen LogP contribution in [0.2, 0.25) is 0 Å². The Kier molecular flexibility index (Phi) is 45.8. The molecule has 0 aromatic heterocycles. The number of nitro groups is 5. The van der Waals surface area contributed by atoms with E-state index in [1.165, 1.54) is 54.6 Å². The number of aliphatic hydroxyl groups excluding tert-OH is 2. The quantitative estimate of drug-likeness (QED) is 0.00845. The number of Topliss-reactive ketones (excluding diaryl/α,β-unsaturated/α-hetero) is 1. The number of carboxylic acid groups (broad SMARTS) is 1. The van der Waals surface area contributed by atoms with Crippen molar-refractivity contribution < 1.29 is 116 Å². The number of aliphatic hydroxyl groups is 2. The van der Waals surface area contributed by atoms with Crippen LogP contribution >= 0.6 is 24.0 Å². The zero-order valence-corrected chi connectivity index (χ0v) is 57.1. The number of esters is 5. The number of hydrogen-bond donors (Lipinski definition) is 8. The van der Waals surface area contributed by atoms with Gasteiger partial charge < -0.3 is 66.4 Å². The van der Waals surface area contributed by atoms with Gasteiger partial charge in [-0.15, -0.1) is 12.4 Å². The lowest BCUT2D eigenvalue weighted by Gasteiger charge is -2.10. The van der Waals surface area contributed by atoms with Gasteiger partial charge >= 0.3 is 35.8 Å². The van der Waals surface area contributed by atoms with Gasteiger partial charge in [0, 0.05) is 115 Å². The van der Waals surface area contributed by atoms with Gasteiger partial charge in [0.25, 0.3) is 28.4 Å². The number of hydrogen-bond acceptors (Lipinski definition) is 30. The first-order valence-corrected chi connectivity index (χ1v) is 30.1. The normalized spacial score (nSPS) is 11.0. The maximum Gasteiger partial charge on any atom is 0.340 e. The third-order valence-corrected chi connectivity index (χ3v) is 12.3. The number of non-ortho nitro benzene ring substituents is 5. The molecule has 41 heteroatoms. The Morgan fingerprint density at radius 1 is 0.505 bits per heavy atom. The van der Waals surface area contributed by atoms with Crippen molar-refractivity contribution in [3.8, 4) is 0 Å². The van der Waals surface area contributed by atoms with E-state index < -0.39 is 77.3 Å². The fourth-order valence-electron chi connectivity index (χ4n) is 7.61. The number of ether oxygens (including phenoxy) is 5. The zero-order chi connectivity index (χ0) is 77.5. The van der Waals surface area contributed by atoms with E-state index >= 15 is 0 Å². The molecule has 572 valence electrons. The molecule has 2 heterocycles. The number of carbonyl (C=O) groups is 11. The topological polar surface area (TPSA) is 598 Å². The lowest BCUT2D eigenvalue weighted by atomic mass is 10.1. The highest BCUT2D eigenvalue weighted by molar-refractivity contribution is 6.63. The average molecular weight is 1520 g/mol. The summed E-state index contributed by atoms with van der Waals surface area (Å²) in [5, 5.41) is 86.2. The molecule has 2 aliphatic heterocycles. The number of ketones is 1. The number of anilines is 5. The second kappa shape index (κ2) is 49.8. The highest BCUT2D eigenvalue weighted by atomic mass is 35.5. The Morgan fingerprint density at radius 3 is 1.30 bits per heavy atom. The van der Waals surface area contributed by atoms with Crippen molar-refractivity contribution in [2.24, 2.45) is 0 Å². The fraction of sp³-hybridized carbons (Fsp3) is 0.328. The molecule has 3 amide bonds. The van der Waals surface area contributed by atoms with Gasteiger partial charge in [-0.25, -0.2) is 19.2 Å². The van der Waals surface area contributed by atoms with Crippen LogP contribution in [0.5, 0.6) is 0 Å². The summed E-state index contributed by atoms with van der Waals surface area (Å²) in [6.45, 7) is 11.0. The molecule has 10 N–H and O–H groups in total. The standard InChI is InChI=1S/C15H18N2O7.C13H12N2O6.C10H8N2O4.C9H10N2O4.C7H6N2O4.C6H9ClO3.C2H6O.2CH4.ClH/c1-3-23-14(19)8-7-13(18)16-12-6-5-10(17(21)22)9-11(12)15(20)24-4-2;1-2-21-13(18)9-6-11(16)14-10-4-3-7(15(19)20)5-8(10)12(9)17;13-9-3-4-10(14)11-8-2-1-6(12(15)16)5-7(8)9;1-2-15-9(12)7-5-6(11(13)14)3-4-8(7)10;8-6-2-1-4(9(12)13)3-5(6)7(10)11;1-2-10-6(9)4-3-5(7)8;1-2-3;;;/h5-6,9H,3-4,7-8H2,1-2H3,(H,16,18);3-5,17H,2,6H2,1H3,(H,14,16);1-2,5H,3-4H2,(H,11,14);3-5H,2,10H2,1H3;1-3H,8H2,(H,10,11);2-4H2,1H3;3H,2H2,1H3;2*1H4;1H. The number of nitro benzene ring substituents is 5. The van der Waals surface area contributed by atoms with E-state index in [1.807, 2.05) is 0 Å². The molecule has 0 atom stereocenters. The van der Waals surface area contributed by atoms with Gasteiger partial charge in [0.2, 0.25) is 23.0 Å². The number of benzene rings is 5. The summed E-state index contributed by atoms with van der Waals surface area (Å²) in [6.07, 6.45) is -0.287. The summed E-state index contributed by atoms with van der Waals surface area (Å²) in [7, 11) is 0. The molecule has 5 aromatic rings. The van der Waals surface area contributed by atoms with Gasteiger partial charge in [-0.05, 0) is 83.5 Å². The van der Waals surface area contributed by atoms with Crippen LogP contribution in [0.4, 0.5) is 56.9 Å². The number of halogens is 2. The number of nitrogens with zero attached hydrogens (tertiary/aromatic N) is 5. The van der Waals surface area contributed by atoms with E-state index in [-0.39, 0.29) is 207 Å². The van der Waals surface area contributed by atoms with E-state index in [0.29, 0.717) is 12.3 Å². The predicted molar refractivity (Wildman–Crippen MR) is 379 cm³/mol. The molecule has 39 nitrogen and oxygen atoms in total. The second-order valence-corrected chi connectivity index (χ2v) is 19.8. The number of rotatable bonds is 21. The smallest absolute Gasteiger partial charge is 0.340 e. The molecule has 0 bridgehead atoms. The van der Waals surface area contributed by atoms with Crippen molar-refractivity contribution in [2.75, 3.05) is 67.1 Å². The van der Waals surface area contributed by atoms with E-state index in [9.17, 15) is 108 Å². The summed E-state index contributed by atoms with van der Waals surface area (Å²) in [4.78, 5) is 174. The Labute approximate surface area is 608 Å². The van der Waals surface area contributed by atoms with E-state index in [1.54, 1.807) is 41.5 Å². The Hall–Kier alpha value is -12.7. The number of nitrogens with two attached hydrogens (primary N) is 2. The molecule has 0 saturated heterocycles.